The standard InChI is InChI=1S/C21H18N8O/c1-13-10-27-4-5-28(11-19(27)26-13)21(30)15-6-16-17(9-23-20(16)22-8-15)14-2-3-29-18(7-14)24-12-25-29/h2-3,6-10,12H,4-5,11H2,1H3,(H,22,23). The van der Waals surface area contributed by atoms with Crippen LogP contribution in [0.3, 0.4) is 0 Å². The number of hydrogen-bond acceptors (Lipinski definition) is 5. The van der Waals surface area contributed by atoms with Gasteiger partial charge in [0, 0.05) is 48.8 Å². The van der Waals surface area contributed by atoms with Crippen LogP contribution in [0.15, 0.2) is 49.3 Å². The minimum atomic E-state index is -0.0311. The average molecular weight is 398 g/mol. The van der Waals surface area contributed by atoms with Crippen molar-refractivity contribution >= 4 is 22.6 Å². The number of fused-ring (bicyclic) bond motifs is 3. The fraction of sp³-hybridized carbons (Fsp3) is 0.190. The Labute approximate surface area is 171 Å². The topological polar surface area (TPSA) is 97.0 Å². The van der Waals surface area contributed by atoms with Gasteiger partial charge in [-0.1, -0.05) is 0 Å². The molecule has 148 valence electrons. The van der Waals surface area contributed by atoms with E-state index in [-0.39, 0.29) is 5.91 Å². The molecule has 0 atom stereocenters. The summed E-state index contributed by atoms with van der Waals surface area (Å²) in [5.74, 6) is 0.890. The van der Waals surface area contributed by atoms with E-state index < -0.39 is 0 Å². The highest BCUT2D eigenvalue weighted by Crippen LogP contribution is 2.29. The number of pyridine rings is 2. The number of carbonyl (C=O) groups is 1. The Kier molecular flexibility index (Phi) is 3.52. The number of aromatic amines is 1. The number of amides is 1. The number of nitrogens with one attached hydrogen (secondary N) is 1. The molecule has 0 saturated carbocycles. The average Bonchev–Trinajstić information content (AvgIpc) is 3.48. The van der Waals surface area contributed by atoms with Gasteiger partial charge in [-0.3, -0.25) is 4.79 Å². The summed E-state index contributed by atoms with van der Waals surface area (Å²) in [5, 5.41) is 5.04. The van der Waals surface area contributed by atoms with Crippen LogP contribution >= 0.6 is 0 Å². The molecule has 5 aromatic rings. The third-order valence-corrected chi connectivity index (χ3v) is 5.58. The van der Waals surface area contributed by atoms with Crippen molar-refractivity contribution in [2.24, 2.45) is 0 Å². The maximum atomic E-state index is 13.2. The van der Waals surface area contributed by atoms with Crippen LogP contribution in [0, 0.1) is 6.92 Å². The predicted molar refractivity (Wildman–Crippen MR) is 110 cm³/mol. The first-order chi connectivity index (χ1) is 14.7. The Balaban J connectivity index is 1.37. The second-order valence-corrected chi connectivity index (χ2v) is 7.52. The van der Waals surface area contributed by atoms with Gasteiger partial charge in [0.2, 0.25) is 0 Å². The zero-order chi connectivity index (χ0) is 20.2. The van der Waals surface area contributed by atoms with E-state index in [0.717, 1.165) is 45.9 Å². The Hall–Kier alpha value is -4.01. The quantitative estimate of drug-likeness (QED) is 0.493. The molecule has 1 amide bonds. The Morgan fingerprint density at radius 3 is 3.07 bits per heavy atom. The number of nitrogens with zero attached hydrogens (tertiary/aromatic N) is 7. The largest absolute Gasteiger partial charge is 0.346 e. The van der Waals surface area contributed by atoms with Crippen LogP contribution in [0.5, 0.6) is 0 Å². The number of hydrogen-bond donors (Lipinski definition) is 1. The van der Waals surface area contributed by atoms with Crippen LogP contribution in [0.4, 0.5) is 0 Å². The van der Waals surface area contributed by atoms with Crippen LogP contribution < -0.4 is 0 Å². The number of H-pyrrole nitrogens is 1. The molecule has 1 aliphatic rings. The molecule has 0 fully saturated rings. The lowest BCUT2D eigenvalue weighted by Crippen LogP contribution is -2.38. The highest BCUT2D eigenvalue weighted by molar-refractivity contribution is 6.01. The van der Waals surface area contributed by atoms with Gasteiger partial charge in [-0.25, -0.2) is 19.5 Å². The van der Waals surface area contributed by atoms with Gasteiger partial charge in [-0.2, -0.15) is 5.10 Å². The van der Waals surface area contributed by atoms with Gasteiger partial charge >= 0.3 is 0 Å². The summed E-state index contributed by atoms with van der Waals surface area (Å²) in [6.07, 6.45) is 8.98. The first-order valence-electron chi connectivity index (χ1n) is 9.74. The van der Waals surface area contributed by atoms with Crippen molar-refractivity contribution in [3.63, 3.8) is 0 Å². The monoisotopic (exact) mass is 398 g/mol. The molecule has 5 aromatic heterocycles. The van der Waals surface area contributed by atoms with E-state index in [4.69, 9.17) is 0 Å². The van der Waals surface area contributed by atoms with E-state index in [9.17, 15) is 4.79 Å². The molecule has 0 aromatic carbocycles. The molecule has 0 unspecified atom stereocenters. The zero-order valence-corrected chi connectivity index (χ0v) is 16.3. The molecule has 0 radical (unpaired) electrons. The third kappa shape index (κ3) is 2.59. The maximum Gasteiger partial charge on any atom is 0.255 e. The number of aromatic nitrogens is 7. The molecule has 1 aliphatic heterocycles. The molecule has 6 rings (SSSR count). The molecule has 0 bridgehead atoms. The van der Waals surface area contributed by atoms with Crippen LogP contribution in [0.2, 0.25) is 0 Å². The van der Waals surface area contributed by atoms with E-state index >= 15 is 0 Å². The first kappa shape index (κ1) is 16.9. The van der Waals surface area contributed by atoms with E-state index in [2.05, 4.69) is 29.6 Å². The van der Waals surface area contributed by atoms with Gasteiger partial charge < -0.3 is 14.5 Å². The molecule has 9 heteroatoms. The minimum Gasteiger partial charge on any atom is -0.346 e. The summed E-state index contributed by atoms with van der Waals surface area (Å²) in [6, 6.07) is 5.86. The number of imidazole rings is 1. The lowest BCUT2D eigenvalue weighted by molar-refractivity contribution is 0.0707. The van der Waals surface area contributed by atoms with Gasteiger partial charge in [0.1, 0.15) is 17.8 Å². The lowest BCUT2D eigenvalue weighted by Gasteiger charge is -2.27. The normalized spacial score (nSPS) is 13.8. The van der Waals surface area contributed by atoms with E-state index in [0.29, 0.717) is 18.7 Å². The zero-order valence-electron chi connectivity index (χ0n) is 16.3. The highest BCUT2D eigenvalue weighted by atomic mass is 16.2. The van der Waals surface area contributed by atoms with E-state index in [1.165, 1.54) is 6.33 Å². The predicted octanol–water partition coefficient (Wildman–Crippen LogP) is 2.43. The van der Waals surface area contributed by atoms with Gasteiger partial charge in [0.05, 0.1) is 17.8 Å². The highest BCUT2D eigenvalue weighted by Gasteiger charge is 2.24. The molecule has 0 aliphatic carbocycles. The van der Waals surface area contributed by atoms with Gasteiger partial charge in [0.25, 0.3) is 5.91 Å². The Morgan fingerprint density at radius 1 is 1.20 bits per heavy atom. The first-order valence-corrected chi connectivity index (χ1v) is 9.74. The van der Waals surface area contributed by atoms with Crippen molar-refractivity contribution in [2.45, 2.75) is 20.0 Å². The molecule has 9 nitrogen and oxygen atoms in total. The lowest BCUT2D eigenvalue weighted by atomic mass is 10.1. The van der Waals surface area contributed by atoms with Crippen LogP contribution in [-0.4, -0.2) is 51.5 Å². The van der Waals surface area contributed by atoms with Crippen molar-refractivity contribution in [3.8, 4) is 11.1 Å². The van der Waals surface area contributed by atoms with Gasteiger partial charge in [0.15, 0.2) is 5.65 Å². The van der Waals surface area contributed by atoms with Gasteiger partial charge in [-0.15, -0.1) is 0 Å². The summed E-state index contributed by atoms with van der Waals surface area (Å²) in [5.41, 5.74) is 5.02. The van der Waals surface area contributed by atoms with Crippen molar-refractivity contribution in [3.05, 3.63) is 66.4 Å². The SMILES string of the molecule is Cc1cn2c(n1)CN(C(=O)c1cnc3[nH]cc(-c4ccn5ncnc5c4)c3c1)CC2. The maximum absolute atomic E-state index is 13.2. The summed E-state index contributed by atoms with van der Waals surface area (Å²) in [6.45, 7) is 3.89. The van der Waals surface area contributed by atoms with Crippen molar-refractivity contribution < 1.29 is 4.79 Å². The Bertz CT molecular complexity index is 1430. The molecule has 0 saturated heterocycles. The smallest absolute Gasteiger partial charge is 0.255 e. The van der Waals surface area contributed by atoms with Crippen molar-refractivity contribution in [1.82, 2.24) is 39.0 Å². The summed E-state index contributed by atoms with van der Waals surface area (Å²) < 4.78 is 3.83. The Morgan fingerprint density at radius 2 is 2.13 bits per heavy atom. The number of rotatable bonds is 2. The second-order valence-electron chi connectivity index (χ2n) is 7.52. The van der Waals surface area contributed by atoms with Crippen molar-refractivity contribution in [2.75, 3.05) is 6.54 Å². The minimum absolute atomic E-state index is 0.0311. The fourth-order valence-electron chi connectivity index (χ4n) is 4.09. The third-order valence-electron chi connectivity index (χ3n) is 5.58. The summed E-state index contributed by atoms with van der Waals surface area (Å²) in [4.78, 5) is 31.5. The number of carbonyl (C=O) groups excluding carboxylic acids is 1. The van der Waals surface area contributed by atoms with Crippen molar-refractivity contribution in [1.29, 1.82) is 0 Å². The molecule has 1 N–H and O–H groups in total. The van der Waals surface area contributed by atoms with Crippen LogP contribution in [0.1, 0.15) is 21.9 Å². The molecule has 6 heterocycles. The summed E-state index contributed by atoms with van der Waals surface area (Å²) >= 11 is 0. The van der Waals surface area contributed by atoms with E-state index in [1.54, 1.807) is 10.7 Å². The van der Waals surface area contributed by atoms with Crippen LogP contribution in [-0.2, 0) is 13.1 Å². The fourth-order valence-corrected chi connectivity index (χ4v) is 4.09. The number of aryl methyl sites for hydroxylation is 1. The molecular formula is C21H18N8O. The molecule has 0 spiro atoms. The molecule has 30 heavy (non-hydrogen) atoms. The van der Waals surface area contributed by atoms with Gasteiger partial charge in [-0.05, 0) is 30.7 Å². The molecular weight excluding hydrogens is 380 g/mol. The van der Waals surface area contributed by atoms with Crippen LogP contribution in [0.25, 0.3) is 27.8 Å². The second kappa shape index (κ2) is 6.24. The summed E-state index contributed by atoms with van der Waals surface area (Å²) in [7, 11) is 0. The van der Waals surface area contributed by atoms with E-state index in [1.807, 2.05) is 48.6 Å².